The van der Waals surface area contributed by atoms with Crippen molar-refractivity contribution in [3.8, 4) is 0 Å². The highest BCUT2D eigenvalue weighted by Crippen LogP contribution is 2.22. The molecule has 3 rings (SSSR count). The van der Waals surface area contributed by atoms with E-state index in [1.54, 1.807) is 12.4 Å². The van der Waals surface area contributed by atoms with E-state index in [9.17, 15) is 0 Å². The number of hydrogen-bond donors (Lipinski definition) is 1. The summed E-state index contributed by atoms with van der Waals surface area (Å²) in [4.78, 5) is 8.55. The number of rotatable bonds is 4. The van der Waals surface area contributed by atoms with Gasteiger partial charge in [0.2, 0.25) is 5.89 Å². The molecule has 102 valence electrons. The molecule has 1 N–H and O–H groups in total. The number of nitrogens with zero attached hydrogens (tertiary/aromatic N) is 2. The summed E-state index contributed by atoms with van der Waals surface area (Å²) in [6.45, 7) is 4.18. The van der Waals surface area contributed by atoms with Crippen LogP contribution in [-0.4, -0.2) is 9.97 Å². The lowest BCUT2D eigenvalue weighted by Crippen LogP contribution is -2.22. The molecule has 0 aliphatic carbocycles. The maximum atomic E-state index is 5.78. The third-order valence-electron chi connectivity index (χ3n) is 3.39. The van der Waals surface area contributed by atoms with E-state index in [2.05, 4.69) is 29.1 Å². The first-order valence-electron chi connectivity index (χ1n) is 6.75. The number of para-hydroxylation sites is 2. The van der Waals surface area contributed by atoms with Crippen LogP contribution in [0.25, 0.3) is 11.1 Å². The van der Waals surface area contributed by atoms with Crippen molar-refractivity contribution in [2.45, 2.75) is 25.9 Å². The molecule has 2 aromatic heterocycles. The number of aromatic nitrogens is 2. The fourth-order valence-electron chi connectivity index (χ4n) is 2.27. The zero-order chi connectivity index (χ0) is 13.9. The Bertz CT molecular complexity index is 660. The first-order valence-corrected chi connectivity index (χ1v) is 6.75. The van der Waals surface area contributed by atoms with E-state index < -0.39 is 0 Å². The van der Waals surface area contributed by atoms with Gasteiger partial charge in [0.25, 0.3) is 0 Å². The minimum absolute atomic E-state index is 0.0468. The van der Waals surface area contributed by atoms with Crippen LogP contribution in [0.3, 0.4) is 0 Å². The van der Waals surface area contributed by atoms with Crippen molar-refractivity contribution < 1.29 is 4.42 Å². The summed E-state index contributed by atoms with van der Waals surface area (Å²) in [5.41, 5.74) is 2.92. The van der Waals surface area contributed by atoms with Gasteiger partial charge in [-0.3, -0.25) is 10.3 Å². The highest BCUT2D eigenvalue weighted by atomic mass is 16.3. The number of benzene rings is 1. The molecule has 0 saturated heterocycles. The van der Waals surface area contributed by atoms with Crippen LogP contribution in [-0.2, 0) is 0 Å². The summed E-state index contributed by atoms with van der Waals surface area (Å²) in [5, 5.41) is 3.49. The summed E-state index contributed by atoms with van der Waals surface area (Å²) in [7, 11) is 0. The predicted octanol–water partition coefficient (Wildman–Crippen LogP) is 3.63. The zero-order valence-corrected chi connectivity index (χ0v) is 11.6. The zero-order valence-electron chi connectivity index (χ0n) is 11.6. The van der Waals surface area contributed by atoms with Crippen molar-refractivity contribution in [1.29, 1.82) is 0 Å². The third kappa shape index (κ3) is 2.56. The van der Waals surface area contributed by atoms with Gasteiger partial charge in [0.1, 0.15) is 5.52 Å². The fourth-order valence-corrected chi connectivity index (χ4v) is 2.27. The maximum absolute atomic E-state index is 5.78. The van der Waals surface area contributed by atoms with Crippen molar-refractivity contribution in [2.75, 3.05) is 0 Å². The average Bonchev–Trinajstić information content (AvgIpc) is 2.92. The van der Waals surface area contributed by atoms with Crippen LogP contribution >= 0.6 is 0 Å². The maximum Gasteiger partial charge on any atom is 0.212 e. The van der Waals surface area contributed by atoms with E-state index in [4.69, 9.17) is 4.42 Å². The van der Waals surface area contributed by atoms with Gasteiger partial charge in [-0.25, -0.2) is 4.98 Å². The molecule has 4 heteroatoms. The first kappa shape index (κ1) is 12.8. The van der Waals surface area contributed by atoms with Crippen LogP contribution in [0, 0.1) is 0 Å². The van der Waals surface area contributed by atoms with E-state index >= 15 is 0 Å². The molecule has 0 fully saturated rings. The molecule has 0 spiro atoms. The molecule has 0 aliphatic rings. The van der Waals surface area contributed by atoms with Crippen LogP contribution in [0.2, 0.25) is 0 Å². The van der Waals surface area contributed by atoms with Gasteiger partial charge in [-0.1, -0.05) is 12.1 Å². The quantitative estimate of drug-likeness (QED) is 0.784. The smallest absolute Gasteiger partial charge is 0.212 e. The molecule has 2 heterocycles. The Labute approximate surface area is 117 Å². The molecular formula is C16H17N3O. The van der Waals surface area contributed by atoms with Crippen molar-refractivity contribution in [3.05, 3.63) is 60.2 Å². The Hall–Kier alpha value is -2.20. The Morgan fingerprint density at radius 1 is 1.00 bits per heavy atom. The summed E-state index contributed by atoms with van der Waals surface area (Å²) in [5.74, 6) is 0.715. The van der Waals surface area contributed by atoms with Crippen LogP contribution in [0.5, 0.6) is 0 Å². The lowest BCUT2D eigenvalue weighted by molar-refractivity contribution is 0.403. The van der Waals surface area contributed by atoms with Crippen LogP contribution in [0.1, 0.15) is 37.4 Å². The summed E-state index contributed by atoms with van der Waals surface area (Å²) < 4.78 is 5.78. The summed E-state index contributed by atoms with van der Waals surface area (Å²) in [6.07, 6.45) is 3.61. The Morgan fingerprint density at radius 2 is 1.75 bits per heavy atom. The monoisotopic (exact) mass is 267 g/mol. The molecule has 0 amide bonds. The van der Waals surface area contributed by atoms with Crippen LogP contribution in [0.4, 0.5) is 0 Å². The molecule has 0 aliphatic heterocycles. The summed E-state index contributed by atoms with van der Waals surface area (Å²) in [6, 6.07) is 12.1. The van der Waals surface area contributed by atoms with E-state index in [1.165, 1.54) is 5.56 Å². The van der Waals surface area contributed by atoms with Gasteiger partial charge in [-0.15, -0.1) is 0 Å². The third-order valence-corrected chi connectivity index (χ3v) is 3.39. The minimum atomic E-state index is 0.0468. The van der Waals surface area contributed by atoms with Crippen LogP contribution < -0.4 is 5.32 Å². The van der Waals surface area contributed by atoms with Gasteiger partial charge in [-0.2, -0.15) is 0 Å². The van der Waals surface area contributed by atoms with Gasteiger partial charge in [0.15, 0.2) is 5.58 Å². The molecule has 20 heavy (non-hydrogen) atoms. The normalized spacial score (nSPS) is 14.3. The van der Waals surface area contributed by atoms with Crippen LogP contribution in [0.15, 0.2) is 53.2 Å². The van der Waals surface area contributed by atoms with E-state index in [0.29, 0.717) is 5.89 Å². The lowest BCUT2D eigenvalue weighted by atomic mass is 10.1. The second-order valence-electron chi connectivity index (χ2n) is 4.91. The summed E-state index contributed by atoms with van der Waals surface area (Å²) >= 11 is 0. The van der Waals surface area contributed by atoms with Crippen molar-refractivity contribution >= 4 is 11.1 Å². The largest absolute Gasteiger partial charge is 0.439 e. The standard InChI is InChI=1S/C16H17N3O/c1-11(13-7-9-17-10-8-13)18-12(2)16-19-14-5-3-4-6-15(14)20-16/h3-12,18H,1-2H3/t11-,12-/m1/s1. The molecular weight excluding hydrogens is 250 g/mol. The Kier molecular flexibility index (Phi) is 3.48. The van der Waals surface area contributed by atoms with Crippen molar-refractivity contribution in [3.63, 3.8) is 0 Å². The average molecular weight is 267 g/mol. The van der Waals surface area contributed by atoms with Gasteiger partial charge >= 0.3 is 0 Å². The van der Waals surface area contributed by atoms with Crippen molar-refractivity contribution in [1.82, 2.24) is 15.3 Å². The van der Waals surface area contributed by atoms with Crippen molar-refractivity contribution in [2.24, 2.45) is 0 Å². The molecule has 2 atom stereocenters. The topological polar surface area (TPSA) is 51.0 Å². The van der Waals surface area contributed by atoms with Gasteiger partial charge in [-0.05, 0) is 43.7 Å². The molecule has 4 nitrogen and oxygen atoms in total. The molecule has 0 radical (unpaired) electrons. The van der Waals surface area contributed by atoms with Gasteiger partial charge in [0, 0.05) is 18.4 Å². The number of fused-ring (bicyclic) bond motifs is 1. The second kappa shape index (κ2) is 5.43. The highest BCUT2D eigenvalue weighted by molar-refractivity contribution is 5.72. The number of hydrogen-bond acceptors (Lipinski definition) is 4. The number of pyridine rings is 1. The second-order valence-corrected chi connectivity index (χ2v) is 4.91. The number of oxazole rings is 1. The SMILES string of the molecule is C[C@@H](N[C@H](C)c1nc2ccccc2o1)c1ccncc1. The fraction of sp³-hybridized carbons (Fsp3) is 0.250. The number of nitrogens with one attached hydrogen (secondary N) is 1. The molecule has 3 aromatic rings. The Morgan fingerprint density at radius 3 is 2.50 bits per heavy atom. The lowest BCUT2D eigenvalue weighted by Gasteiger charge is -2.17. The van der Waals surface area contributed by atoms with Gasteiger partial charge in [0.05, 0.1) is 6.04 Å². The molecule has 1 aromatic carbocycles. The first-order chi connectivity index (χ1) is 9.74. The molecule has 0 bridgehead atoms. The van der Waals surface area contributed by atoms with Gasteiger partial charge < -0.3 is 4.42 Å². The highest BCUT2D eigenvalue weighted by Gasteiger charge is 2.16. The van der Waals surface area contributed by atoms with E-state index in [0.717, 1.165) is 11.1 Å². The minimum Gasteiger partial charge on any atom is -0.439 e. The van der Waals surface area contributed by atoms with E-state index in [1.807, 2.05) is 36.4 Å². The molecule has 0 saturated carbocycles. The predicted molar refractivity (Wildman–Crippen MR) is 78.2 cm³/mol. The molecule has 0 unspecified atom stereocenters. The van der Waals surface area contributed by atoms with E-state index in [-0.39, 0.29) is 12.1 Å². The Balaban J connectivity index is 1.77.